The van der Waals surface area contributed by atoms with E-state index in [4.69, 9.17) is 4.74 Å². The van der Waals surface area contributed by atoms with E-state index in [-0.39, 0.29) is 0 Å². The van der Waals surface area contributed by atoms with Crippen LogP contribution in [0.25, 0.3) is 11.6 Å². The largest absolute Gasteiger partial charge is 0.497 e. The summed E-state index contributed by atoms with van der Waals surface area (Å²) >= 11 is 0. The van der Waals surface area contributed by atoms with Crippen molar-refractivity contribution in [3.8, 4) is 11.8 Å². The molecule has 0 bridgehead atoms. The van der Waals surface area contributed by atoms with Gasteiger partial charge >= 0.3 is 0 Å². The summed E-state index contributed by atoms with van der Waals surface area (Å²) < 4.78 is 19.7. The molecule has 136 valence electrons. The van der Waals surface area contributed by atoms with Crippen molar-refractivity contribution in [3.05, 3.63) is 53.6 Å². The van der Waals surface area contributed by atoms with Gasteiger partial charge in [0.2, 0.25) is 0 Å². The van der Waals surface area contributed by atoms with Crippen LogP contribution in [0.2, 0.25) is 0 Å². The maximum Gasteiger partial charge on any atom is 0.120 e. The molecule has 6 heteroatoms. The highest BCUT2D eigenvalue weighted by atomic mass is 32.2. The molecule has 1 unspecified atom stereocenters. The van der Waals surface area contributed by atoms with Crippen molar-refractivity contribution < 1.29 is 8.95 Å². The Balaban J connectivity index is 2.33. The van der Waals surface area contributed by atoms with Crippen molar-refractivity contribution in [3.63, 3.8) is 0 Å². The van der Waals surface area contributed by atoms with Gasteiger partial charge in [0.05, 0.1) is 18.8 Å². The molecule has 1 atom stereocenters. The van der Waals surface area contributed by atoms with Gasteiger partial charge in [0.15, 0.2) is 0 Å². The van der Waals surface area contributed by atoms with Gasteiger partial charge in [-0.3, -0.25) is 0 Å². The SMILES string of the molecule is CCNc1cc(OC)ccc1/C(C#N)=C/c1ccc(NS(=O)CC)cc1. The molecule has 0 aromatic heterocycles. The number of rotatable bonds is 8. The van der Waals surface area contributed by atoms with Crippen LogP contribution in [0, 0.1) is 11.3 Å². The molecule has 0 fully saturated rings. The minimum Gasteiger partial charge on any atom is -0.497 e. The average Bonchev–Trinajstić information content (AvgIpc) is 2.67. The third-order valence-electron chi connectivity index (χ3n) is 3.72. The molecule has 0 radical (unpaired) electrons. The van der Waals surface area contributed by atoms with E-state index in [1.165, 1.54) is 0 Å². The predicted molar refractivity (Wildman–Crippen MR) is 109 cm³/mol. The summed E-state index contributed by atoms with van der Waals surface area (Å²) in [5.41, 5.74) is 3.92. The van der Waals surface area contributed by atoms with Crippen LogP contribution >= 0.6 is 0 Å². The maximum absolute atomic E-state index is 11.6. The second-order valence-electron chi connectivity index (χ2n) is 5.47. The summed E-state index contributed by atoms with van der Waals surface area (Å²) in [7, 11) is 0.545. The van der Waals surface area contributed by atoms with Crippen LogP contribution in [0.5, 0.6) is 5.75 Å². The third-order valence-corrected chi connectivity index (χ3v) is 4.71. The van der Waals surface area contributed by atoms with E-state index in [0.717, 1.165) is 34.8 Å². The number of nitriles is 1. The molecule has 0 saturated heterocycles. The molecule has 2 rings (SSSR count). The van der Waals surface area contributed by atoms with E-state index < -0.39 is 11.0 Å². The molecule has 0 spiro atoms. The zero-order valence-corrected chi connectivity index (χ0v) is 16.0. The molecule has 0 heterocycles. The number of benzene rings is 2. The fourth-order valence-corrected chi connectivity index (χ4v) is 2.95. The summed E-state index contributed by atoms with van der Waals surface area (Å²) in [4.78, 5) is 0. The number of anilines is 2. The maximum atomic E-state index is 11.6. The van der Waals surface area contributed by atoms with Crippen molar-refractivity contribution in [2.75, 3.05) is 29.4 Å². The zero-order valence-electron chi connectivity index (χ0n) is 15.2. The number of hydrogen-bond acceptors (Lipinski definition) is 4. The number of nitrogens with one attached hydrogen (secondary N) is 2. The lowest BCUT2D eigenvalue weighted by Gasteiger charge is -2.12. The highest BCUT2D eigenvalue weighted by Crippen LogP contribution is 2.29. The molecule has 0 aliphatic heterocycles. The Morgan fingerprint density at radius 2 is 1.96 bits per heavy atom. The fraction of sp³-hybridized carbons (Fsp3) is 0.250. The normalized spacial score (nSPS) is 12.2. The minimum absolute atomic E-state index is 0.547. The number of ether oxygens (including phenoxy) is 1. The number of methoxy groups -OCH3 is 1. The van der Waals surface area contributed by atoms with E-state index in [9.17, 15) is 9.47 Å². The van der Waals surface area contributed by atoms with Gasteiger partial charge < -0.3 is 14.8 Å². The van der Waals surface area contributed by atoms with Gasteiger partial charge in [-0.2, -0.15) is 5.26 Å². The highest BCUT2D eigenvalue weighted by molar-refractivity contribution is 7.86. The third kappa shape index (κ3) is 5.11. The van der Waals surface area contributed by atoms with Crippen LogP contribution in [0.3, 0.4) is 0 Å². The molecule has 2 N–H and O–H groups in total. The fourth-order valence-electron chi connectivity index (χ4n) is 2.41. The lowest BCUT2D eigenvalue weighted by Crippen LogP contribution is -2.05. The summed E-state index contributed by atoms with van der Waals surface area (Å²) in [5.74, 6) is 1.28. The highest BCUT2D eigenvalue weighted by Gasteiger charge is 2.09. The van der Waals surface area contributed by atoms with E-state index in [1.807, 2.05) is 62.4 Å². The number of nitrogens with zero attached hydrogens (tertiary/aromatic N) is 1. The van der Waals surface area contributed by atoms with Crippen molar-refractivity contribution in [2.24, 2.45) is 0 Å². The first kappa shape index (κ1) is 19.5. The summed E-state index contributed by atoms with van der Waals surface area (Å²) in [6.07, 6.45) is 1.84. The second-order valence-corrected chi connectivity index (χ2v) is 6.94. The average molecular weight is 369 g/mol. The summed E-state index contributed by atoms with van der Waals surface area (Å²) in [6.45, 7) is 4.61. The Kier molecular flexibility index (Phi) is 7.24. The van der Waals surface area contributed by atoms with Crippen LogP contribution < -0.4 is 14.8 Å². The molecule has 2 aromatic rings. The summed E-state index contributed by atoms with van der Waals surface area (Å²) in [6, 6.07) is 15.4. The lowest BCUT2D eigenvalue weighted by atomic mass is 10.0. The Labute approximate surface area is 157 Å². The van der Waals surface area contributed by atoms with Gasteiger partial charge in [-0.15, -0.1) is 0 Å². The van der Waals surface area contributed by atoms with Crippen LogP contribution in [0.4, 0.5) is 11.4 Å². The van der Waals surface area contributed by atoms with Gasteiger partial charge in [0.25, 0.3) is 0 Å². The van der Waals surface area contributed by atoms with Crippen LogP contribution in [-0.4, -0.2) is 23.6 Å². The standard InChI is InChI=1S/C20H23N3O2S/c1-4-22-20-13-18(25-3)10-11-19(20)16(14-21)12-15-6-8-17(9-7-15)23-26(24)5-2/h6-13,22-23H,4-5H2,1-3H3/b16-12+. The van der Waals surface area contributed by atoms with E-state index in [0.29, 0.717) is 11.3 Å². The van der Waals surface area contributed by atoms with Gasteiger partial charge in [-0.05, 0) is 42.8 Å². The van der Waals surface area contributed by atoms with Crippen molar-refractivity contribution in [1.29, 1.82) is 5.26 Å². The number of allylic oxidation sites excluding steroid dienone is 1. The Hall–Kier alpha value is -2.78. The van der Waals surface area contributed by atoms with Crippen molar-refractivity contribution in [1.82, 2.24) is 0 Å². The first-order valence-electron chi connectivity index (χ1n) is 8.40. The molecule has 5 nitrogen and oxygen atoms in total. The van der Waals surface area contributed by atoms with Gasteiger partial charge in [-0.1, -0.05) is 19.1 Å². The quantitative estimate of drug-likeness (QED) is 0.538. The minimum atomic E-state index is -1.07. The first-order valence-corrected chi connectivity index (χ1v) is 9.72. The molecule has 0 aliphatic carbocycles. The van der Waals surface area contributed by atoms with E-state index >= 15 is 0 Å². The first-order chi connectivity index (χ1) is 12.6. The van der Waals surface area contributed by atoms with Crippen LogP contribution in [0.1, 0.15) is 25.0 Å². The number of hydrogen-bond donors (Lipinski definition) is 2. The topological polar surface area (TPSA) is 74.2 Å². The molecule has 0 amide bonds. The Bertz CT molecular complexity index is 839. The second kappa shape index (κ2) is 9.64. The van der Waals surface area contributed by atoms with Gasteiger partial charge in [0, 0.05) is 35.3 Å². The van der Waals surface area contributed by atoms with Gasteiger partial charge in [0.1, 0.15) is 16.7 Å². The predicted octanol–water partition coefficient (Wildman–Crippen LogP) is 4.29. The molecular weight excluding hydrogens is 346 g/mol. The lowest BCUT2D eigenvalue weighted by molar-refractivity contribution is 0.415. The van der Waals surface area contributed by atoms with Crippen molar-refractivity contribution >= 4 is 34.0 Å². The molecule has 0 aliphatic rings. The molecule has 0 saturated carbocycles. The Morgan fingerprint density at radius 3 is 2.54 bits per heavy atom. The van der Waals surface area contributed by atoms with Crippen molar-refractivity contribution in [2.45, 2.75) is 13.8 Å². The zero-order chi connectivity index (χ0) is 18.9. The van der Waals surface area contributed by atoms with E-state index in [1.54, 1.807) is 7.11 Å². The smallest absolute Gasteiger partial charge is 0.120 e. The summed E-state index contributed by atoms with van der Waals surface area (Å²) in [5, 5.41) is 12.9. The molecule has 2 aromatic carbocycles. The van der Waals surface area contributed by atoms with Crippen LogP contribution in [-0.2, 0) is 11.0 Å². The van der Waals surface area contributed by atoms with Gasteiger partial charge in [-0.25, -0.2) is 4.21 Å². The van der Waals surface area contributed by atoms with E-state index in [2.05, 4.69) is 16.1 Å². The van der Waals surface area contributed by atoms with Crippen LogP contribution in [0.15, 0.2) is 42.5 Å². The Morgan fingerprint density at radius 1 is 1.23 bits per heavy atom. The molecule has 26 heavy (non-hydrogen) atoms. The monoisotopic (exact) mass is 369 g/mol. The molecular formula is C20H23N3O2S.